The number of carbonyl (C=O) groups excluding carboxylic acids is 1. The Balaban J connectivity index is 1.54. The maximum absolute atomic E-state index is 12.3. The van der Waals surface area contributed by atoms with Gasteiger partial charge < -0.3 is 9.73 Å². The zero-order valence-electron chi connectivity index (χ0n) is 17.0. The lowest BCUT2D eigenvalue weighted by Crippen LogP contribution is -2.83. The van der Waals surface area contributed by atoms with Crippen LogP contribution in [0.5, 0.6) is 0 Å². The van der Waals surface area contributed by atoms with Crippen molar-refractivity contribution >= 4 is 28.1 Å². The van der Waals surface area contributed by atoms with Crippen LogP contribution < -0.4 is 10.2 Å². The average Bonchev–Trinajstić information content (AvgIpc) is 3.42. The van der Waals surface area contributed by atoms with E-state index in [4.69, 9.17) is 9.40 Å². The second-order valence-corrected chi connectivity index (χ2v) is 8.00. The third kappa shape index (κ3) is 4.50. The van der Waals surface area contributed by atoms with Crippen molar-refractivity contribution in [3.05, 3.63) is 101 Å². The molecule has 5 nitrogen and oxygen atoms in total. The fraction of sp³-hybridized carbons (Fsp3) is 0.167. The third-order valence-electron chi connectivity index (χ3n) is 4.88. The van der Waals surface area contributed by atoms with Gasteiger partial charge in [0.1, 0.15) is 12.2 Å². The highest BCUT2D eigenvalue weighted by atomic mass is 32.1. The van der Waals surface area contributed by atoms with Crippen LogP contribution in [0.3, 0.4) is 0 Å². The van der Waals surface area contributed by atoms with Gasteiger partial charge in [0.25, 0.3) is 0 Å². The first-order chi connectivity index (χ1) is 14.6. The molecular formula is C24H24N3O2S+. The molecule has 0 aliphatic heterocycles. The predicted molar refractivity (Wildman–Crippen MR) is 119 cm³/mol. The molecule has 0 aliphatic carbocycles. The molecule has 1 amide bonds. The van der Waals surface area contributed by atoms with Crippen LogP contribution in [0, 0.1) is 6.92 Å². The van der Waals surface area contributed by atoms with Crippen molar-refractivity contribution in [2.24, 2.45) is 0 Å². The smallest absolute Gasteiger partial charge is 0.230 e. The lowest BCUT2D eigenvalue weighted by molar-refractivity contribution is -0.704. The Kier molecular flexibility index (Phi) is 6.07. The number of amides is 1. The summed E-state index contributed by atoms with van der Waals surface area (Å²) in [6.45, 7) is 4.26. The Morgan fingerprint density at radius 3 is 2.67 bits per heavy atom. The van der Waals surface area contributed by atoms with E-state index in [9.17, 15) is 4.79 Å². The van der Waals surface area contributed by atoms with E-state index in [2.05, 4.69) is 17.4 Å². The molecule has 2 N–H and O–H groups in total. The number of aromatic nitrogens is 1. The number of carbonyl (C=O) groups is 1. The van der Waals surface area contributed by atoms with E-state index < -0.39 is 0 Å². The first-order valence-electron chi connectivity index (χ1n) is 9.85. The van der Waals surface area contributed by atoms with Crippen molar-refractivity contribution in [2.75, 3.05) is 4.90 Å². The first kappa shape index (κ1) is 20.1. The molecule has 30 heavy (non-hydrogen) atoms. The van der Waals surface area contributed by atoms with Crippen LogP contribution in [0.4, 0.5) is 10.8 Å². The molecule has 4 rings (SSSR count). The minimum absolute atomic E-state index is 0.0482. The molecule has 4 aromatic rings. The minimum atomic E-state index is -0.0526. The Hall–Kier alpha value is -3.22. The second kappa shape index (κ2) is 9.07. The largest absolute Gasteiger partial charge is 0.463 e. The third-order valence-corrected chi connectivity index (χ3v) is 5.75. The van der Waals surface area contributed by atoms with E-state index >= 15 is 0 Å². The number of aryl methyl sites for hydroxylation is 1. The molecule has 0 unspecified atom stereocenters. The van der Waals surface area contributed by atoms with Gasteiger partial charge >= 0.3 is 0 Å². The molecule has 152 valence electrons. The maximum atomic E-state index is 12.3. The summed E-state index contributed by atoms with van der Waals surface area (Å²) in [5.74, 6) is 0.852. The monoisotopic (exact) mass is 418 g/mol. The van der Waals surface area contributed by atoms with Crippen molar-refractivity contribution in [1.29, 1.82) is 0 Å². The Labute approximate surface area is 180 Å². The highest BCUT2D eigenvalue weighted by Gasteiger charge is 2.22. The molecule has 0 bridgehead atoms. The van der Waals surface area contributed by atoms with Gasteiger partial charge in [-0.2, -0.15) is 0 Å². The van der Waals surface area contributed by atoms with Gasteiger partial charge in [0.05, 0.1) is 12.0 Å². The van der Waals surface area contributed by atoms with Crippen molar-refractivity contribution in [1.82, 2.24) is 4.98 Å². The molecule has 0 saturated heterocycles. The van der Waals surface area contributed by atoms with Gasteiger partial charge in [-0.25, -0.2) is 4.98 Å². The average molecular weight is 419 g/mol. The van der Waals surface area contributed by atoms with E-state index in [0.29, 0.717) is 11.7 Å². The predicted octanol–water partition coefficient (Wildman–Crippen LogP) is 4.58. The quantitative estimate of drug-likeness (QED) is 0.478. The number of hydrogen-bond acceptors (Lipinski definition) is 4. The van der Waals surface area contributed by atoms with Gasteiger partial charge in [-0.05, 0) is 36.8 Å². The number of rotatable bonds is 7. The van der Waals surface area contributed by atoms with Gasteiger partial charge in [0.15, 0.2) is 16.9 Å². The van der Waals surface area contributed by atoms with Crippen LogP contribution in [0.25, 0.3) is 0 Å². The lowest BCUT2D eigenvalue weighted by atomic mass is 10.0. The van der Waals surface area contributed by atoms with Gasteiger partial charge in [0.2, 0.25) is 5.91 Å². The molecule has 6 heteroatoms. The summed E-state index contributed by atoms with van der Waals surface area (Å²) in [7, 11) is 0. The van der Waals surface area contributed by atoms with Crippen LogP contribution in [-0.4, -0.2) is 10.9 Å². The van der Waals surface area contributed by atoms with Gasteiger partial charge in [-0.3, -0.25) is 9.69 Å². The fourth-order valence-electron chi connectivity index (χ4n) is 3.47. The normalized spacial score (nSPS) is 11.9. The van der Waals surface area contributed by atoms with Crippen LogP contribution in [0.1, 0.15) is 35.5 Å². The Morgan fingerprint density at radius 1 is 1.13 bits per heavy atom. The minimum Gasteiger partial charge on any atom is -0.463 e. The number of benzene rings is 2. The fourth-order valence-corrected chi connectivity index (χ4v) is 4.37. The van der Waals surface area contributed by atoms with Crippen molar-refractivity contribution in [3.8, 4) is 0 Å². The summed E-state index contributed by atoms with van der Waals surface area (Å²) >= 11 is 1.48. The SMILES string of the molecule is CC(=O)N(c1cccc(C)c1)c1nc(C[NH2+][C@@H](c2ccccc2)c2ccco2)cs1. The van der Waals surface area contributed by atoms with Gasteiger partial charge in [0, 0.05) is 17.9 Å². The molecule has 2 heterocycles. The number of quaternary nitrogens is 1. The van der Waals surface area contributed by atoms with E-state index in [0.717, 1.165) is 22.7 Å². The number of nitrogens with two attached hydrogens (primary N) is 1. The first-order valence-corrected chi connectivity index (χ1v) is 10.7. The van der Waals surface area contributed by atoms with E-state index in [1.54, 1.807) is 18.1 Å². The molecular weight excluding hydrogens is 394 g/mol. The summed E-state index contributed by atoms with van der Waals surface area (Å²) in [5.41, 5.74) is 4.05. The molecule has 2 aromatic heterocycles. The summed E-state index contributed by atoms with van der Waals surface area (Å²) in [6.07, 6.45) is 1.70. The summed E-state index contributed by atoms with van der Waals surface area (Å²) in [5, 5.41) is 4.91. The molecule has 2 aromatic carbocycles. The highest BCUT2D eigenvalue weighted by Crippen LogP contribution is 2.29. The molecule has 0 aliphatic rings. The maximum Gasteiger partial charge on any atom is 0.230 e. The molecule has 0 radical (unpaired) electrons. The summed E-state index contributed by atoms with van der Waals surface area (Å²) in [4.78, 5) is 18.8. The number of furan rings is 1. The molecule has 0 saturated carbocycles. The van der Waals surface area contributed by atoms with Crippen molar-refractivity contribution < 1.29 is 14.5 Å². The molecule has 0 spiro atoms. The van der Waals surface area contributed by atoms with Crippen molar-refractivity contribution in [3.63, 3.8) is 0 Å². The summed E-state index contributed by atoms with van der Waals surface area (Å²) < 4.78 is 5.68. The topological polar surface area (TPSA) is 63.0 Å². The van der Waals surface area contributed by atoms with Crippen LogP contribution in [0.15, 0.2) is 82.8 Å². The lowest BCUT2D eigenvalue weighted by Gasteiger charge is -2.18. The van der Waals surface area contributed by atoms with Crippen molar-refractivity contribution in [2.45, 2.75) is 26.4 Å². The zero-order chi connectivity index (χ0) is 20.9. The van der Waals surface area contributed by atoms with E-state index in [1.165, 1.54) is 16.9 Å². The van der Waals surface area contributed by atoms with E-state index in [-0.39, 0.29) is 11.9 Å². The zero-order valence-corrected chi connectivity index (χ0v) is 17.8. The van der Waals surface area contributed by atoms with Crippen LogP contribution in [-0.2, 0) is 11.3 Å². The standard InChI is InChI=1S/C24H23N3O2S/c1-17-8-6-11-21(14-17)27(18(2)28)24-26-20(16-30-24)15-25-23(22-12-7-13-29-22)19-9-4-3-5-10-19/h3-14,16,23,25H,15H2,1-2H3/p+1/t23-/m0/s1. The van der Waals surface area contributed by atoms with Crippen LogP contribution >= 0.6 is 11.3 Å². The second-order valence-electron chi connectivity index (χ2n) is 7.16. The molecule has 0 fully saturated rings. The number of anilines is 2. The van der Waals surface area contributed by atoms with Crippen LogP contribution in [0.2, 0.25) is 0 Å². The van der Waals surface area contributed by atoms with Gasteiger partial charge in [-0.1, -0.05) is 42.5 Å². The number of hydrogen-bond donors (Lipinski definition) is 1. The number of nitrogens with zero attached hydrogens (tertiary/aromatic N) is 2. The Morgan fingerprint density at radius 2 is 1.97 bits per heavy atom. The molecule has 1 atom stereocenters. The number of thiazole rings is 1. The summed E-state index contributed by atoms with van der Waals surface area (Å²) in [6, 6.07) is 22.1. The highest BCUT2D eigenvalue weighted by molar-refractivity contribution is 7.14. The van der Waals surface area contributed by atoms with Gasteiger partial charge in [-0.15, -0.1) is 11.3 Å². The van der Waals surface area contributed by atoms with E-state index in [1.807, 2.05) is 66.9 Å². The Bertz CT molecular complexity index is 1110.